The molecule has 0 atom stereocenters. The van der Waals surface area contributed by atoms with E-state index in [4.69, 9.17) is 4.52 Å². The Bertz CT molecular complexity index is 553. The lowest BCUT2D eigenvalue weighted by Gasteiger charge is -2.30. The van der Waals surface area contributed by atoms with Gasteiger partial charge in [-0.05, 0) is 56.1 Å². The van der Waals surface area contributed by atoms with E-state index in [-0.39, 0.29) is 0 Å². The summed E-state index contributed by atoms with van der Waals surface area (Å²) < 4.78 is 5.48. The van der Waals surface area contributed by atoms with Crippen molar-refractivity contribution in [3.05, 3.63) is 22.7 Å². The van der Waals surface area contributed by atoms with E-state index < -0.39 is 0 Å². The van der Waals surface area contributed by atoms with E-state index in [2.05, 4.69) is 20.4 Å². The monoisotopic (exact) mass is 289 g/mol. The van der Waals surface area contributed by atoms with Crippen LogP contribution in [0.15, 0.2) is 21.3 Å². The molecule has 2 fully saturated rings. The summed E-state index contributed by atoms with van der Waals surface area (Å²) in [6, 6.07) is 2.04. The highest BCUT2D eigenvalue weighted by Crippen LogP contribution is 2.33. The van der Waals surface area contributed by atoms with Gasteiger partial charge in [0.1, 0.15) is 0 Å². The van der Waals surface area contributed by atoms with Gasteiger partial charge in [0.25, 0.3) is 0 Å². The minimum absolute atomic E-state index is 0.449. The quantitative estimate of drug-likeness (QED) is 0.865. The largest absolute Gasteiger partial charge is 0.339 e. The predicted molar refractivity (Wildman–Crippen MR) is 78.8 cm³/mol. The van der Waals surface area contributed by atoms with Gasteiger partial charge in [-0.2, -0.15) is 16.3 Å². The average Bonchev–Trinajstić information content (AvgIpc) is 2.98. The Morgan fingerprint density at radius 3 is 2.80 bits per heavy atom. The minimum Gasteiger partial charge on any atom is -0.339 e. The topological polar surface area (TPSA) is 42.2 Å². The lowest BCUT2D eigenvalue weighted by atomic mass is 9.96. The van der Waals surface area contributed by atoms with Crippen LogP contribution in [-0.2, 0) is 0 Å². The molecule has 0 aromatic carbocycles. The lowest BCUT2D eigenvalue weighted by Crippen LogP contribution is -2.34. The average molecular weight is 289 g/mol. The second-order valence-electron chi connectivity index (χ2n) is 5.99. The molecular weight excluding hydrogens is 270 g/mol. The molecule has 5 heteroatoms. The summed E-state index contributed by atoms with van der Waals surface area (Å²) in [5.74, 6) is 3.00. The Balaban J connectivity index is 1.39. The third kappa shape index (κ3) is 2.65. The van der Waals surface area contributed by atoms with Crippen LogP contribution in [0.2, 0.25) is 0 Å². The highest BCUT2D eigenvalue weighted by Gasteiger charge is 2.29. The molecule has 0 spiro atoms. The second-order valence-corrected chi connectivity index (χ2v) is 6.77. The highest BCUT2D eigenvalue weighted by atomic mass is 32.1. The van der Waals surface area contributed by atoms with Crippen LogP contribution in [0.3, 0.4) is 0 Å². The molecule has 2 aromatic rings. The Kier molecular flexibility index (Phi) is 3.32. The third-order valence-electron chi connectivity index (χ3n) is 4.37. The van der Waals surface area contributed by atoms with Crippen molar-refractivity contribution in [1.29, 1.82) is 0 Å². The summed E-state index contributed by atoms with van der Waals surface area (Å²) in [7, 11) is 0. The van der Waals surface area contributed by atoms with Crippen LogP contribution in [0.4, 0.5) is 0 Å². The Hall–Kier alpha value is -1.20. The van der Waals surface area contributed by atoms with Crippen LogP contribution in [0.5, 0.6) is 0 Å². The zero-order valence-electron chi connectivity index (χ0n) is 11.5. The van der Waals surface area contributed by atoms with Crippen molar-refractivity contribution in [2.75, 3.05) is 19.6 Å². The Morgan fingerprint density at radius 2 is 2.10 bits per heavy atom. The van der Waals surface area contributed by atoms with Crippen LogP contribution in [-0.4, -0.2) is 34.7 Å². The van der Waals surface area contributed by atoms with Crippen molar-refractivity contribution in [1.82, 2.24) is 15.0 Å². The second kappa shape index (κ2) is 5.30. The molecule has 0 radical (unpaired) electrons. The molecule has 1 saturated heterocycles. The Labute approximate surface area is 122 Å². The number of aromatic nitrogens is 2. The summed E-state index contributed by atoms with van der Waals surface area (Å²) in [6.45, 7) is 3.66. The molecular formula is C15H19N3OS. The van der Waals surface area contributed by atoms with Crippen molar-refractivity contribution in [2.24, 2.45) is 5.92 Å². The maximum Gasteiger partial charge on any atom is 0.230 e. The van der Waals surface area contributed by atoms with E-state index in [1.165, 1.54) is 32.5 Å². The van der Waals surface area contributed by atoms with Crippen molar-refractivity contribution in [2.45, 2.75) is 31.6 Å². The number of piperidine rings is 1. The fourth-order valence-electron chi connectivity index (χ4n) is 2.94. The van der Waals surface area contributed by atoms with Gasteiger partial charge >= 0.3 is 0 Å². The van der Waals surface area contributed by atoms with Crippen LogP contribution in [0, 0.1) is 5.92 Å². The van der Waals surface area contributed by atoms with Crippen molar-refractivity contribution >= 4 is 11.3 Å². The van der Waals surface area contributed by atoms with Crippen LogP contribution in [0.1, 0.15) is 37.5 Å². The zero-order valence-corrected chi connectivity index (χ0v) is 12.3. The number of hydrogen-bond donors (Lipinski definition) is 0. The molecule has 0 N–H and O–H groups in total. The molecule has 4 nitrogen and oxygen atoms in total. The van der Waals surface area contributed by atoms with Gasteiger partial charge in [-0.3, -0.25) is 0 Å². The summed E-state index contributed by atoms with van der Waals surface area (Å²) in [4.78, 5) is 7.19. The molecule has 4 rings (SSSR count). The fourth-order valence-corrected chi connectivity index (χ4v) is 3.57. The van der Waals surface area contributed by atoms with Gasteiger partial charge in [-0.25, -0.2) is 0 Å². The van der Waals surface area contributed by atoms with Crippen molar-refractivity contribution in [3.8, 4) is 11.4 Å². The first-order valence-corrected chi connectivity index (χ1v) is 8.41. The molecule has 0 bridgehead atoms. The van der Waals surface area contributed by atoms with Crippen molar-refractivity contribution < 1.29 is 4.52 Å². The molecule has 106 valence electrons. The van der Waals surface area contributed by atoms with E-state index in [9.17, 15) is 0 Å². The van der Waals surface area contributed by atoms with E-state index in [0.29, 0.717) is 5.92 Å². The first kappa shape index (κ1) is 12.5. The molecule has 2 aromatic heterocycles. The summed E-state index contributed by atoms with van der Waals surface area (Å²) >= 11 is 1.66. The number of nitrogens with zero attached hydrogens (tertiary/aromatic N) is 3. The van der Waals surface area contributed by atoms with E-state index in [1.807, 2.05) is 11.4 Å². The lowest BCUT2D eigenvalue weighted by molar-refractivity contribution is 0.188. The van der Waals surface area contributed by atoms with Gasteiger partial charge in [-0.1, -0.05) is 5.16 Å². The number of hydrogen-bond acceptors (Lipinski definition) is 5. The maximum atomic E-state index is 5.48. The molecule has 1 aliphatic heterocycles. The summed E-state index contributed by atoms with van der Waals surface area (Å²) in [5.41, 5.74) is 1.07. The summed E-state index contributed by atoms with van der Waals surface area (Å²) in [6.07, 6.45) is 5.18. The fraction of sp³-hybridized carbons (Fsp3) is 0.600. The van der Waals surface area contributed by atoms with Crippen LogP contribution < -0.4 is 0 Å². The highest BCUT2D eigenvalue weighted by molar-refractivity contribution is 7.08. The van der Waals surface area contributed by atoms with Crippen LogP contribution in [0.25, 0.3) is 11.4 Å². The molecule has 1 saturated carbocycles. The first-order valence-electron chi connectivity index (χ1n) is 7.47. The van der Waals surface area contributed by atoms with E-state index >= 15 is 0 Å². The van der Waals surface area contributed by atoms with Crippen molar-refractivity contribution in [3.63, 3.8) is 0 Å². The number of rotatable bonds is 4. The predicted octanol–water partition coefficient (Wildman–Crippen LogP) is 3.39. The third-order valence-corrected chi connectivity index (χ3v) is 5.05. The van der Waals surface area contributed by atoms with E-state index in [0.717, 1.165) is 36.0 Å². The SMILES string of the molecule is c1cc(-c2noc(C3CCN(CC4CC4)CC3)n2)cs1. The number of thiophene rings is 1. The van der Waals surface area contributed by atoms with Crippen LogP contribution >= 0.6 is 11.3 Å². The molecule has 20 heavy (non-hydrogen) atoms. The van der Waals surface area contributed by atoms with Gasteiger partial charge < -0.3 is 9.42 Å². The molecule has 0 unspecified atom stereocenters. The zero-order chi connectivity index (χ0) is 13.4. The van der Waals surface area contributed by atoms with Gasteiger partial charge in [0.2, 0.25) is 11.7 Å². The summed E-state index contributed by atoms with van der Waals surface area (Å²) in [5, 5.41) is 8.22. The van der Waals surface area contributed by atoms with Gasteiger partial charge in [0.05, 0.1) is 0 Å². The molecule has 1 aliphatic carbocycles. The first-order chi connectivity index (χ1) is 9.88. The van der Waals surface area contributed by atoms with Gasteiger partial charge in [-0.15, -0.1) is 0 Å². The Morgan fingerprint density at radius 1 is 1.25 bits per heavy atom. The molecule has 0 amide bonds. The standard InChI is InChI=1S/C15H19N3OS/c1-2-11(1)9-18-6-3-12(4-7-18)15-16-14(17-19-15)13-5-8-20-10-13/h5,8,10-12H,1-4,6-7,9H2. The normalized spacial score (nSPS) is 21.4. The van der Waals surface area contributed by atoms with E-state index in [1.54, 1.807) is 11.3 Å². The molecule has 3 heterocycles. The maximum absolute atomic E-state index is 5.48. The smallest absolute Gasteiger partial charge is 0.230 e. The van der Waals surface area contributed by atoms with Gasteiger partial charge in [0.15, 0.2) is 0 Å². The number of likely N-dealkylation sites (tertiary alicyclic amines) is 1. The van der Waals surface area contributed by atoms with Gasteiger partial charge in [0, 0.05) is 23.4 Å². The minimum atomic E-state index is 0.449. The molecule has 2 aliphatic rings.